The average Bonchev–Trinajstić information content (AvgIpc) is 2.82. The molecule has 2 amide bonds. The summed E-state index contributed by atoms with van der Waals surface area (Å²) in [5.74, 6) is -1.37. The highest BCUT2D eigenvalue weighted by atomic mass is 16.5. The average molecular weight is 442 g/mol. The maximum absolute atomic E-state index is 12.4. The zero-order valence-corrected chi connectivity index (χ0v) is 18.3. The number of aliphatic hydroxyl groups excluding tert-OH is 1. The summed E-state index contributed by atoms with van der Waals surface area (Å²) in [7, 11) is 0. The van der Waals surface area contributed by atoms with Gasteiger partial charge in [-0.25, -0.2) is 5.48 Å². The number of morpholine rings is 1. The second-order valence-corrected chi connectivity index (χ2v) is 8.07. The van der Waals surface area contributed by atoms with Crippen LogP contribution in [0.2, 0.25) is 0 Å². The first-order valence-corrected chi connectivity index (χ1v) is 10.9. The van der Waals surface area contributed by atoms with E-state index in [0.717, 1.165) is 51.3 Å². The lowest BCUT2D eigenvalue weighted by Gasteiger charge is -2.26. The lowest BCUT2D eigenvalue weighted by Crippen LogP contribution is -2.51. The second-order valence-electron chi connectivity index (χ2n) is 8.07. The third kappa shape index (κ3) is 6.86. The smallest absolute Gasteiger partial charge is 0.268 e. The van der Waals surface area contributed by atoms with Crippen molar-refractivity contribution < 1.29 is 24.6 Å². The van der Waals surface area contributed by atoms with Crippen LogP contribution in [0.4, 0.5) is 0 Å². The number of aryl methyl sites for hydroxylation is 2. The Morgan fingerprint density at radius 2 is 1.50 bits per heavy atom. The normalized spacial score (nSPS) is 16.2. The molecule has 1 heterocycles. The molecule has 1 aliphatic rings. The number of nitrogens with one attached hydrogen (secondary N) is 2. The number of carbonyl (C=O) groups is 2. The summed E-state index contributed by atoms with van der Waals surface area (Å²) in [4.78, 5) is 26.3. The van der Waals surface area contributed by atoms with Gasteiger partial charge < -0.3 is 15.2 Å². The van der Waals surface area contributed by atoms with Gasteiger partial charge in [0.1, 0.15) is 6.04 Å². The van der Waals surface area contributed by atoms with Gasteiger partial charge in [-0.1, -0.05) is 36.4 Å². The summed E-state index contributed by atoms with van der Waals surface area (Å²) in [6, 6.07) is 14.6. The number of amides is 2. The lowest BCUT2D eigenvalue weighted by atomic mass is 10.0. The zero-order chi connectivity index (χ0) is 22.9. The molecule has 2 aromatic rings. The van der Waals surface area contributed by atoms with Crippen molar-refractivity contribution in [3.8, 4) is 0 Å². The van der Waals surface area contributed by atoms with E-state index in [0.29, 0.717) is 5.56 Å². The van der Waals surface area contributed by atoms with Crippen molar-refractivity contribution in [3.63, 3.8) is 0 Å². The van der Waals surface area contributed by atoms with Gasteiger partial charge in [0.05, 0.1) is 19.3 Å². The van der Waals surface area contributed by atoms with E-state index in [9.17, 15) is 14.7 Å². The first-order chi connectivity index (χ1) is 15.5. The minimum absolute atomic E-state index is 0.373. The van der Waals surface area contributed by atoms with E-state index >= 15 is 0 Å². The fraction of sp³-hybridized carbons (Fsp3) is 0.417. The molecule has 172 valence electrons. The van der Waals surface area contributed by atoms with E-state index < -0.39 is 24.0 Å². The van der Waals surface area contributed by atoms with Crippen molar-refractivity contribution in [2.24, 2.45) is 0 Å². The van der Waals surface area contributed by atoms with Crippen LogP contribution in [-0.4, -0.2) is 65.5 Å². The van der Waals surface area contributed by atoms with E-state index in [-0.39, 0.29) is 0 Å². The quantitative estimate of drug-likeness (QED) is 0.345. The van der Waals surface area contributed by atoms with Gasteiger partial charge in [-0.3, -0.25) is 19.7 Å². The third-order valence-electron chi connectivity index (χ3n) is 5.61. The van der Waals surface area contributed by atoms with Crippen LogP contribution in [0.5, 0.6) is 0 Å². The zero-order valence-electron chi connectivity index (χ0n) is 18.3. The number of hydrogen-bond donors (Lipinski definition) is 4. The molecule has 0 aromatic heterocycles. The minimum Gasteiger partial charge on any atom is -0.391 e. The molecule has 0 aliphatic carbocycles. The van der Waals surface area contributed by atoms with Gasteiger partial charge in [0.25, 0.3) is 11.8 Å². The third-order valence-corrected chi connectivity index (χ3v) is 5.61. The molecule has 1 unspecified atom stereocenters. The van der Waals surface area contributed by atoms with Gasteiger partial charge in [-0.2, -0.15) is 0 Å². The molecular weight excluding hydrogens is 410 g/mol. The number of ether oxygens (including phenoxy) is 1. The molecule has 1 aliphatic heterocycles. The van der Waals surface area contributed by atoms with Crippen molar-refractivity contribution in [1.29, 1.82) is 0 Å². The highest BCUT2D eigenvalue weighted by Gasteiger charge is 2.25. The Hall–Kier alpha value is -2.78. The van der Waals surface area contributed by atoms with E-state index in [1.54, 1.807) is 12.1 Å². The van der Waals surface area contributed by atoms with Crippen LogP contribution in [0.15, 0.2) is 48.5 Å². The summed E-state index contributed by atoms with van der Waals surface area (Å²) in [5, 5.41) is 20.8. The van der Waals surface area contributed by atoms with Crippen LogP contribution >= 0.6 is 0 Å². The number of aliphatic hydroxyl groups is 1. The summed E-state index contributed by atoms with van der Waals surface area (Å²) >= 11 is 0. The molecular formula is C24H31N3O5. The van der Waals surface area contributed by atoms with Gasteiger partial charge in [0.2, 0.25) is 0 Å². The Morgan fingerprint density at radius 1 is 0.969 bits per heavy atom. The summed E-state index contributed by atoms with van der Waals surface area (Å²) in [6.45, 7) is 5.87. The highest BCUT2D eigenvalue weighted by molar-refractivity contribution is 5.97. The number of hydroxylamine groups is 1. The molecule has 0 radical (unpaired) electrons. The topological polar surface area (TPSA) is 111 Å². The Morgan fingerprint density at radius 3 is 2.03 bits per heavy atom. The largest absolute Gasteiger partial charge is 0.391 e. The molecule has 2 atom stereocenters. The monoisotopic (exact) mass is 441 g/mol. The molecule has 0 bridgehead atoms. The van der Waals surface area contributed by atoms with Crippen molar-refractivity contribution in [2.75, 3.05) is 26.3 Å². The van der Waals surface area contributed by atoms with Gasteiger partial charge in [-0.05, 0) is 48.6 Å². The number of hydrogen-bond acceptors (Lipinski definition) is 6. The minimum atomic E-state index is -1.24. The van der Waals surface area contributed by atoms with E-state index in [1.165, 1.54) is 23.5 Å². The predicted molar refractivity (Wildman–Crippen MR) is 119 cm³/mol. The first-order valence-electron chi connectivity index (χ1n) is 10.9. The summed E-state index contributed by atoms with van der Waals surface area (Å²) in [5.41, 5.74) is 5.48. The van der Waals surface area contributed by atoms with Crippen molar-refractivity contribution in [2.45, 2.75) is 38.5 Å². The van der Waals surface area contributed by atoms with Crippen LogP contribution in [0.3, 0.4) is 0 Å². The Labute approximate surface area is 188 Å². The first kappa shape index (κ1) is 23.9. The molecule has 2 aromatic carbocycles. The van der Waals surface area contributed by atoms with E-state index in [1.807, 2.05) is 12.1 Å². The Bertz CT molecular complexity index is 878. The van der Waals surface area contributed by atoms with Crippen molar-refractivity contribution in [1.82, 2.24) is 15.7 Å². The molecule has 0 spiro atoms. The predicted octanol–water partition coefficient (Wildman–Crippen LogP) is 1.29. The number of rotatable bonds is 9. The lowest BCUT2D eigenvalue weighted by molar-refractivity contribution is -0.133. The van der Waals surface area contributed by atoms with E-state index in [4.69, 9.17) is 9.94 Å². The van der Waals surface area contributed by atoms with Gasteiger partial charge >= 0.3 is 0 Å². The second kappa shape index (κ2) is 11.7. The molecule has 0 saturated carbocycles. The molecule has 8 heteroatoms. The standard InChI is InChI=1S/C24H31N3O5/c1-17(28)22(24(30)26-31)25-23(29)21-10-8-19(9-11-21)3-2-18-4-6-20(7-5-18)16-27-12-14-32-15-13-27/h4-11,17,22,28,31H,2-3,12-16H2,1H3,(H,25,29)(H,26,30)/t17-,22?/m1/s1. The van der Waals surface area contributed by atoms with Crippen LogP contribution in [-0.2, 0) is 28.9 Å². The maximum atomic E-state index is 12.4. The van der Waals surface area contributed by atoms with Gasteiger partial charge in [0.15, 0.2) is 0 Å². The fourth-order valence-electron chi connectivity index (χ4n) is 3.64. The molecule has 8 nitrogen and oxygen atoms in total. The number of nitrogens with zero attached hydrogens (tertiary/aromatic N) is 1. The number of benzene rings is 2. The number of carbonyl (C=O) groups excluding carboxylic acids is 2. The van der Waals surface area contributed by atoms with Gasteiger partial charge in [0, 0.05) is 25.2 Å². The maximum Gasteiger partial charge on any atom is 0.268 e. The van der Waals surface area contributed by atoms with Crippen molar-refractivity contribution >= 4 is 11.8 Å². The van der Waals surface area contributed by atoms with Crippen LogP contribution in [0, 0.1) is 0 Å². The molecule has 1 saturated heterocycles. The Kier molecular flexibility index (Phi) is 8.75. The van der Waals surface area contributed by atoms with Gasteiger partial charge in [-0.15, -0.1) is 0 Å². The molecule has 4 N–H and O–H groups in total. The SMILES string of the molecule is C[C@@H](O)C(NC(=O)c1ccc(CCc2ccc(CN3CCOCC3)cc2)cc1)C(=O)NO. The molecule has 32 heavy (non-hydrogen) atoms. The van der Waals surface area contributed by atoms with Crippen LogP contribution in [0.1, 0.15) is 34.0 Å². The van der Waals surface area contributed by atoms with Crippen LogP contribution in [0.25, 0.3) is 0 Å². The fourth-order valence-corrected chi connectivity index (χ4v) is 3.64. The summed E-state index contributed by atoms with van der Waals surface area (Å²) < 4.78 is 5.39. The van der Waals surface area contributed by atoms with Crippen molar-refractivity contribution in [3.05, 3.63) is 70.8 Å². The highest BCUT2D eigenvalue weighted by Crippen LogP contribution is 2.13. The van der Waals surface area contributed by atoms with E-state index in [2.05, 4.69) is 34.5 Å². The molecule has 3 rings (SSSR count). The molecule has 1 fully saturated rings. The summed E-state index contributed by atoms with van der Waals surface area (Å²) in [6.07, 6.45) is 0.587. The Balaban J connectivity index is 1.50. The van der Waals surface area contributed by atoms with Crippen LogP contribution < -0.4 is 10.8 Å².